The Morgan fingerprint density at radius 2 is 2.00 bits per heavy atom. The third-order valence-electron chi connectivity index (χ3n) is 8.38. The molecule has 2 aromatic heterocycles. The van der Waals surface area contributed by atoms with Crippen molar-refractivity contribution < 1.29 is 27.1 Å². The van der Waals surface area contributed by atoms with Crippen LogP contribution in [0, 0.1) is 6.92 Å². The van der Waals surface area contributed by atoms with Gasteiger partial charge in [0.2, 0.25) is 10.0 Å². The van der Waals surface area contributed by atoms with E-state index in [1.165, 1.54) is 15.1 Å². The van der Waals surface area contributed by atoms with E-state index in [0.717, 1.165) is 24.9 Å². The van der Waals surface area contributed by atoms with E-state index in [-0.39, 0.29) is 40.7 Å². The number of fused-ring (bicyclic) bond motifs is 4. The minimum Gasteiger partial charge on any atom is -0.481 e. The number of rotatable bonds is 7. The summed E-state index contributed by atoms with van der Waals surface area (Å²) >= 11 is 0. The second kappa shape index (κ2) is 10.7. The van der Waals surface area contributed by atoms with Gasteiger partial charge in [0, 0.05) is 44.8 Å². The molecular weight excluding hydrogens is 566 g/mol. The van der Waals surface area contributed by atoms with Crippen LogP contribution in [-0.4, -0.2) is 62.9 Å². The molecular formula is C29H30F2N6O4S. The second-order valence-electron chi connectivity index (χ2n) is 10.9. The smallest absolute Gasteiger partial charge is 0.304 e. The molecule has 0 unspecified atom stereocenters. The quantitative estimate of drug-likeness (QED) is 0.334. The van der Waals surface area contributed by atoms with Crippen molar-refractivity contribution in [2.75, 3.05) is 18.0 Å². The molecule has 1 fully saturated rings. The number of carboxylic acid groups (broad SMARTS) is 1. The normalized spacial score (nSPS) is 19.1. The van der Waals surface area contributed by atoms with Gasteiger partial charge in [0.15, 0.2) is 0 Å². The summed E-state index contributed by atoms with van der Waals surface area (Å²) in [7, 11) is -2.30. The Morgan fingerprint density at radius 3 is 2.76 bits per heavy atom. The number of aromatic nitrogens is 4. The van der Waals surface area contributed by atoms with Crippen molar-refractivity contribution in [2.24, 2.45) is 7.05 Å². The van der Waals surface area contributed by atoms with Gasteiger partial charge < -0.3 is 10.0 Å². The Bertz CT molecular complexity index is 1790. The predicted octanol–water partition coefficient (Wildman–Crippen LogP) is 4.39. The molecule has 2 atom stereocenters. The Morgan fingerprint density at radius 1 is 1.19 bits per heavy atom. The third-order valence-corrected chi connectivity index (χ3v) is 10.2. The number of nitrogens with zero attached hydrogens (tertiary/aromatic N) is 6. The molecule has 1 saturated heterocycles. The predicted molar refractivity (Wildman–Crippen MR) is 151 cm³/mol. The van der Waals surface area contributed by atoms with E-state index in [0.29, 0.717) is 22.5 Å². The largest absolute Gasteiger partial charge is 0.481 e. The molecule has 10 nitrogen and oxygen atoms in total. The van der Waals surface area contributed by atoms with E-state index in [4.69, 9.17) is 0 Å². The Labute approximate surface area is 241 Å². The zero-order valence-electron chi connectivity index (χ0n) is 23.1. The van der Waals surface area contributed by atoms with Gasteiger partial charge in [0.25, 0.3) is 6.43 Å². The molecule has 42 heavy (non-hydrogen) atoms. The highest BCUT2D eigenvalue weighted by molar-refractivity contribution is 7.89. The molecule has 2 aliphatic heterocycles. The minimum atomic E-state index is -3.90. The van der Waals surface area contributed by atoms with Crippen LogP contribution in [-0.2, 0) is 28.4 Å². The standard InChI is InChI=1S/C29H30F2N6O4S/c1-17-7-8-18(22(14-25(38)39)21-9-10-23-27(26(21)28(30)31)33-34-35(23)2)13-19(17)15-36-16-20-5-4-12-37(20)29-24(42(36,40)41)6-3-11-32-29/h3,6-11,13,20,22,28H,4-5,12,14-16H2,1-2H3,(H,38,39)/t20-,22+/m1/s1. The fourth-order valence-corrected chi connectivity index (χ4v) is 7.85. The molecule has 4 heterocycles. The van der Waals surface area contributed by atoms with Crippen molar-refractivity contribution >= 4 is 32.8 Å². The number of aliphatic carboxylic acids is 1. The molecule has 0 radical (unpaired) electrons. The maximum atomic E-state index is 14.5. The van der Waals surface area contributed by atoms with Crippen molar-refractivity contribution in [3.05, 3.63) is 76.5 Å². The number of halogens is 2. The summed E-state index contributed by atoms with van der Waals surface area (Å²) < 4.78 is 59.6. The number of carbonyl (C=O) groups is 1. The van der Waals surface area contributed by atoms with Gasteiger partial charge in [-0.05, 0) is 60.2 Å². The van der Waals surface area contributed by atoms with Crippen molar-refractivity contribution in [1.82, 2.24) is 24.3 Å². The van der Waals surface area contributed by atoms with E-state index < -0.39 is 34.8 Å². The Balaban J connectivity index is 1.43. The van der Waals surface area contributed by atoms with E-state index in [1.54, 1.807) is 49.6 Å². The first-order chi connectivity index (χ1) is 20.1. The van der Waals surface area contributed by atoms with Gasteiger partial charge >= 0.3 is 5.97 Å². The van der Waals surface area contributed by atoms with Gasteiger partial charge in [-0.3, -0.25) is 4.79 Å². The zero-order valence-corrected chi connectivity index (χ0v) is 23.9. The van der Waals surface area contributed by atoms with Gasteiger partial charge in [-0.15, -0.1) is 5.10 Å². The molecule has 13 heteroatoms. The number of alkyl halides is 2. The maximum Gasteiger partial charge on any atom is 0.304 e. The summed E-state index contributed by atoms with van der Waals surface area (Å²) in [5.41, 5.74) is 2.21. The number of pyridine rings is 1. The highest BCUT2D eigenvalue weighted by atomic mass is 32.2. The van der Waals surface area contributed by atoms with Crippen LogP contribution in [0.1, 0.15) is 59.4 Å². The van der Waals surface area contributed by atoms with Crippen molar-refractivity contribution in [2.45, 2.75) is 56.0 Å². The van der Waals surface area contributed by atoms with Crippen LogP contribution >= 0.6 is 0 Å². The first-order valence-electron chi connectivity index (χ1n) is 13.7. The SMILES string of the molecule is Cc1ccc([C@H](CC(=O)O)c2ccc3c(nnn3C)c2C(F)F)cc1CN1C[C@H]2CCCN2c2ncccc2S1(=O)=O. The molecule has 0 amide bonds. The van der Waals surface area contributed by atoms with Gasteiger partial charge in [-0.1, -0.05) is 29.5 Å². The second-order valence-corrected chi connectivity index (χ2v) is 12.8. The van der Waals surface area contributed by atoms with Crippen molar-refractivity contribution in [3.8, 4) is 0 Å². The van der Waals surface area contributed by atoms with Crippen LogP contribution < -0.4 is 4.90 Å². The number of anilines is 1. The summed E-state index contributed by atoms with van der Waals surface area (Å²) in [4.78, 5) is 18.6. The van der Waals surface area contributed by atoms with Gasteiger partial charge in [0.1, 0.15) is 16.2 Å². The zero-order chi connectivity index (χ0) is 29.8. The molecule has 2 aromatic carbocycles. The van der Waals surface area contributed by atoms with Crippen LogP contribution in [0.25, 0.3) is 11.0 Å². The first-order valence-corrected chi connectivity index (χ1v) is 15.1. The summed E-state index contributed by atoms with van der Waals surface area (Å²) in [6, 6.07) is 11.5. The molecule has 1 N–H and O–H groups in total. The summed E-state index contributed by atoms with van der Waals surface area (Å²) in [5, 5.41) is 17.6. The van der Waals surface area contributed by atoms with Crippen LogP contribution in [0.2, 0.25) is 0 Å². The van der Waals surface area contributed by atoms with Crippen molar-refractivity contribution in [3.63, 3.8) is 0 Å². The van der Waals surface area contributed by atoms with Crippen LogP contribution in [0.15, 0.2) is 53.6 Å². The molecule has 0 saturated carbocycles. The van der Waals surface area contributed by atoms with Crippen LogP contribution in [0.5, 0.6) is 0 Å². The molecule has 220 valence electrons. The third kappa shape index (κ3) is 4.79. The fraction of sp³-hybridized carbons (Fsp3) is 0.379. The van der Waals surface area contributed by atoms with Gasteiger partial charge in [-0.25, -0.2) is 26.9 Å². The molecule has 6 rings (SSSR count). The highest BCUT2D eigenvalue weighted by Gasteiger charge is 2.40. The maximum absolute atomic E-state index is 14.5. The van der Waals surface area contributed by atoms with E-state index in [9.17, 15) is 27.1 Å². The van der Waals surface area contributed by atoms with Gasteiger partial charge in [-0.2, -0.15) is 4.31 Å². The van der Waals surface area contributed by atoms with E-state index >= 15 is 0 Å². The number of benzene rings is 2. The average molecular weight is 597 g/mol. The molecule has 0 bridgehead atoms. The number of carboxylic acids is 1. The first kappa shape index (κ1) is 28.2. The topological polar surface area (TPSA) is 122 Å². The van der Waals surface area contributed by atoms with Gasteiger partial charge in [0.05, 0.1) is 17.5 Å². The highest BCUT2D eigenvalue weighted by Crippen LogP contribution is 2.40. The van der Waals surface area contributed by atoms with Crippen molar-refractivity contribution in [1.29, 1.82) is 0 Å². The lowest BCUT2D eigenvalue weighted by molar-refractivity contribution is -0.137. The molecule has 0 spiro atoms. The molecule has 0 aliphatic carbocycles. The van der Waals surface area contributed by atoms with Crippen LogP contribution in [0.4, 0.5) is 14.6 Å². The lowest BCUT2D eigenvalue weighted by Gasteiger charge is -2.26. The minimum absolute atomic E-state index is 0.0218. The summed E-state index contributed by atoms with van der Waals surface area (Å²) in [6.07, 6.45) is 0.0195. The number of sulfonamides is 1. The van der Waals surface area contributed by atoms with E-state index in [1.807, 2.05) is 6.92 Å². The number of hydrogen-bond acceptors (Lipinski definition) is 7. The van der Waals surface area contributed by atoms with Crippen LogP contribution in [0.3, 0.4) is 0 Å². The summed E-state index contributed by atoms with van der Waals surface area (Å²) in [6.45, 7) is 2.90. The average Bonchev–Trinajstić information content (AvgIpc) is 3.56. The number of aryl methyl sites for hydroxylation is 2. The molecule has 4 aromatic rings. The summed E-state index contributed by atoms with van der Waals surface area (Å²) in [5.74, 6) is -1.61. The lowest BCUT2D eigenvalue weighted by Crippen LogP contribution is -2.39. The fourth-order valence-electron chi connectivity index (χ4n) is 6.25. The monoisotopic (exact) mass is 596 g/mol. The Hall–Kier alpha value is -3.97. The lowest BCUT2D eigenvalue weighted by atomic mass is 9.84. The van der Waals surface area contributed by atoms with E-state index in [2.05, 4.69) is 20.2 Å². The molecule has 2 aliphatic rings. The Kier molecular flexibility index (Phi) is 7.17. The number of hydrogen-bond donors (Lipinski definition) is 1.